The normalized spacial score (nSPS) is 15.4. The Morgan fingerprint density at radius 3 is 2.12 bits per heavy atom. The Balaban J connectivity index is 0.000000449. The van der Waals surface area contributed by atoms with Gasteiger partial charge in [0.1, 0.15) is 0 Å². The maximum atomic E-state index is 10.6. The van der Waals surface area contributed by atoms with Crippen LogP contribution in [0.5, 0.6) is 0 Å². The Labute approximate surface area is 165 Å². The van der Waals surface area contributed by atoms with Crippen molar-refractivity contribution in [2.75, 3.05) is 6.61 Å². The van der Waals surface area contributed by atoms with Gasteiger partial charge >= 0.3 is 17.1 Å². The van der Waals surface area contributed by atoms with Gasteiger partial charge in [-0.1, -0.05) is 18.2 Å². The van der Waals surface area contributed by atoms with E-state index in [0.717, 1.165) is 24.0 Å². The summed E-state index contributed by atoms with van der Waals surface area (Å²) < 4.78 is 11.4. The largest absolute Gasteiger partial charge is 2.00 e. The molecule has 140 valence electrons. The molecule has 0 N–H and O–H groups in total. The number of hydrogen-bond donors (Lipinski definition) is 0. The Kier molecular flexibility index (Phi) is 10.7. The Morgan fingerprint density at radius 1 is 1.04 bits per heavy atom. The molecule has 2 rings (SSSR count). The first-order valence-corrected chi connectivity index (χ1v) is 15.1. The van der Waals surface area contributed by atoms with E-state index in [1.54, 1.807) is 0 Å². The number of hydrogen-bond acceptors (Lipinski definition) is 3. The standard InChI is InChI=1S/C10H16O2Si.C9H15OSi.Fe/c1-13(2,3)12-8-10-6-4-5-9(10)7-11;1-11(2,3)10-8-9-6-4-5-7-9;/h4-7,11H,8H2,1-3H3;4-7H,8H2,1-3H3;/q;-1;+2/p-1. The summed E-state index contributed by atoms with van der Waals surface area (Å²) in [5, 5.41) is 10.6. The fourth-order valence-electron chi connectivity index (χ4n) is 1.82. The summed E-state index contributed by atoms with van der Waals surface area (Å²) >= 11 is 0. The van der Waals surface area contributed by atoms with E-state index in [2.05, 4.69) is 51.4 Å². The molecule has 0 saturated carbocycles. The predicted octanol–water partition coefficient (Wildman–Crippen LogP) is 4.33. The monoisotopic (exact) mass is 418 g/mol. The third-order valence-corrected chi connectivity index (χ3v) is 5.16. The van der Waals surface area contributed by atoms with Gasteiger partial charge in [-0.3, -0.25) is 0 Å². The smallest absolute Gasteiger partial charge is 0.877 e. The van der Waals surface area contributed by atoms with Gasteiger partial charge in [0.15, 0.2) is 16.6 Å². The van der Waals surface area contributed by atoms with Crippen molar-refractivity contribution in [1.29, 1.82) is 0 Å². The Hall–Kier alpha value is -0.757. The van der Waals surface area contributed by atoms with E-state index >= 15 is 0 Å². The zero-order chi connectivity index (χ0) is 18.2. The molecule has 1 aliphatic carbocycles. The van der Waals surface area contributed by atoms with Crippen LogP contribution in [0.2, 0.25) is 39.3 Å². The van der Waals surface area contributed by atoms with Crippen molar-refractivity contribution in [1.82, 2.24) is 0 Å². The van der Waals surface area contributed by atoms with Crippen LogP contribution in [0.1, 0.15) is 5.56 Å². The van der Waals surface area contributed by atoms with Crippen molar-refractivity contribution in [3.63, 3.8) is 0 Å². The van der Waals surface area contributed by atoms with E-state index in [1.807, 2.05) is 30.4 Å². The molecule has 0 fully saturated rings. The minimum atomic E-state index is -1.46. The average Bonchev–Trinajstić information content (AvgIpc) is 3.13. The summed E-state index contributed by atoms with van der Waals surface area (Å²) in [4.78, 5) is 0. The number of allylic oxidation sites excluding steroid dienone is 3. The maximum absolute atomic E-state index is 10.6. The molecule has 0 heterocycles. The van der Waals surface area contributed by atoms with Crippen LogP contribution in [0, 0.1) is 0 Å². The molecule has 0 spiro atoms. The van der Waals surface area contributed by atoms with E-state index in [0.29, 0.717) is 6.61 Å². The Morgan fingerprint density at radius 2 is 1.64 bits per heavy atom. The maximum Gasteiger partial charge on any atom is 2.00 e. The SMILES string of the molecule is C[Si](C)(C)OCC1=CC=CC1=C[O-].C[Si](C)(C)OCc1ccc[cH-]1.[Fe+2]. The van der Waals surface area contributed by atoms with Crippen molar-refractivity contribution in [2.24, 2.45) is 0 Å². The first-order chi connectivity index (χ1) is 11.1. The molecule has 0 aromatic heterocycles. The second kappa shape index (κ2) is 11.1. The van der Waals surface area contributed by atoms with Crippen molar-refractivity contribution >= 4 is 16.6 Å². The van der Waals surface area contributed by atoms with Crippen LogP contribution in [0.4, 0.5) is 0 Å². The van der Waals surface area contributed by atoms with Gasteiger partial charge in [-0.05, 0) is 50.4 Å². The van der Waals surface area contributed by atoms with Gasteiger partial charge in [0.25, 0.3) is 0 Å². The van der Waals surface area contributed by atoms with Crippen molar-refractivity contribution in [3.8, 4) is 0 Å². The molecule has 0 aliphatic heterocycles. The van der Waals surface area contributed by atoms with Crippen molar-refractivity contribution in [3.05, 3.63) is 65.5 Å². The fraction of sp³-hybridized carbons (Fsp3) is 0.421. The molecule has 0 radical (unpaired) electrons. The molecule has 25 heavy (non-hydrogen) atoms. The molecule has 3 nitrogen and oxygen atoms in total. The zero-order valence-corrected chi connectivity index (χ0v) is 19.2. The minimum Gasteiger partial charge on any atom is -0.877 e. The Bertz CT molecular complexity index is 577. The molecule has 0 saturated heterocycles. The van der Waals surface area contributed by atoms with Gasteiger partial charge in [-0.2, -0.15) is 12.1 Å². The molecule has 1 aromatic carbocycles. The summed E-state index contributed by atoms with van der Waals surface area (Å²) in [6, 6.07) is 8.28. The topological polar surface area (TPSA) is 41.5 Å². The van der Waals surface area contributed by atoms with E-state index in [4.69, 9.17) is 8.85 Å². The molecular formula is C19H30FeO3Si2. The van der Waals surface area contributed by atoms with Crippen LogP contribution in [0.15, 0.2) is 59.9 Å². The first kappa shape index (κ1) is 24.2. The number of rotatable bonds is 6. The molecule has 0 amide bonds. The van der Waals surface area contributed by atoms with Crippen LogP contribution in [-0.4, -0.2) is 23.2 Å². The minimum absolute atomic E-state index is 0. The summed E-state index contributed by atoms with van der Waals surface area (Å²) in [5.74, 6) is 0. The first-order valence-electron chi connectivity index (χ1n) is 8.29. The third kappa shape index (κ3) is 11.5. The molecule has 0 atom stereocenters. The molecule has 1 aromatic rings. The average molecular weight is 418 g/mol. The van der Waals surface area contributed by atoms with Gasteiger partial charge in [0.05, 0.1) is 6.61 Å². The molecular weight excluding hydrogens is 388 g/mol. The van der Waals surface area contributed by atoms with Gasteiger partial charge < -0.3 is 14.0 Å². The van der Waals surface area contributed by atoms with Gasteiger partial charge in [-0.25, -0.2) is 12.1 Å². The quantitative estimate of drug-likeness (QED) is 0.392. The zero-order valence-electron chi connectivity index (χ0n) is 16.1. The van der Waals surface area contributed by atoms with E-state index in [-0.39, 0.29) is 17.1 Å². The summed E-state index contributed by atoms with van der Waals surface area (Å²) in [5.41, 5.74) is 3.03. The summed E-state index contributed by atoms with van der Waals surface area (Å²) in [7, 11) is -2.78. The van der Waals surface area contributed by atoms with Gasteiger partial charge in [0.2, 0.25) is 0 Å². The van der Waals surface area contributed by atoms with Gasteiger partial charge in [0, 0.05) is 6.61 Å². The molecule has 0 unspecified atom stereocenters. The second-order valence-electron chi connectivity index (χ2n) is 7.72. The van der Waals surface area contributed by atoms with Crippen LogP contribution in [0.25, 0.3) is 0 Å². The van der Waals surface area contributed by atoms with Gasteiger partial charge in [-0.15, -0.1) is 11.8 Å². The summed E-state index contributed by atoms with van der Waals surface area (Å²) in [6.45, 7) is 14.4. The van der Waals surface area contributed by atoms with E-state index in [1.165, 1.54) is 5.56 Å². The second-order valence-corrected chi connectivity index (χ2v) is 16.7. The molecule has 0 bridgehead atoms. The van der Waals surface area contributed by atoms with Crippen LogP contribution >= 0.6 is 0 Å². The fourth-order valence-corrected chi connectivity index (χ4v) is 3.01. The molecule has 6 heteroatoms. The molecule has 1 aliphatic rings. The predicted molar refractivity (Wildman–Crippen MR) is 105 cm³/mol. The van der Waals surface area contributed by atoms with Crippen LogP contribution in [-0.2, 0) is 32.5 Å². The van der Waals surface area contributed by atoms with Crippen LogP contribution in [0.3, 0.4) is 0 Å². The summed E-state index contributed by atoms with van der Waals surface area (Å²) in [6.07, 6.45) is 6.51. The van der Waals surface area contributed by atoms with Crippen LogP contribution < -0.4 is 5.11 Å². The van der Waals surface area contributed by atoms with Crippen molar-refractivity contribution in [2.45, 2.75) is 45.9 Å². The van der Waals surface area contributed by atoms with E-state index in [9.17, 15) is 5.11 Å². The van der Waals surface area contributed by atoms with Crippen molar-refractivity contribution < 1.29 is 31.0 Å². The van der Waals surface area contributed by atoms with E-state index < -0.39 is 16.6 Å². The third-order valence-electron chi connectivity index (χ3n) is 3.14.